The number of halogens is 3. The van der Waals surface area contributed by atoms with Gasteiger partial charge in [0.2, 0.25) is 5.91 Å². The molecule has 134 valence electrons. The highest BCUT2D eigenvalue weighted by Gasteiger charge is 2.46. The van der Waals surface area contributed by atoms with E-state index in [0.29, 0.717) is 25.9 Å². The number of carbonyl (C=O) groups is 1. The highest BCUT2D eigenvalue weighted by Crippen LogP contribution is 2.37. The molecule has 2 fully saturated rings. The standard InChI is InChI=1S/C16H22F3N3O2/c1-24-14(16(17,18)19)20-15(7-3-8-15)21-10-5-12(6-11-21)22-9-2-4-13(22)23/h3,7,12H,2,4-6,8-11H2,1H3/b20-14-. The summed E-state index contributed by atoms with van der Waals surface area (Å²) in [6.45, 7) is 2.04. The Morgan fingerprint density at radius 1 is 1.33 bits per heavy atom. The van der Waals surface area contributed by atoms with Crippen molar-refractivity contribution in [2.75, 3.05) is 26.7 Å². The fourth-order valence-electron chi connectivity index (χ4n) is 3.74. The van der Waals surface area contributed by atoms with Crippen LogP contribution in [0.1, 0.15) is 32.1 Å². The van der Waals surface area contributed by atoms with Crippen LogP contribution >= 0.6 is 0 Å². The Balaban J connectivity index is 1.69. The van der Waals surface area contributed by atoms with Gasteiger partial charge in [0, 0.05) is 38.5 Å². The first kappa shape index (κ1) is 17.3. The number of hydrogen-bond acceptors (Lipinski definition) is 4. The molecule has 1 aliphatic carbocycles. The summed E-state index contributed by atoms with van der Waals surface area (Å²) in [5, 5.41) is 0. The van der Waals surface area contributed by atoms with Crippen molar-refractivity contribution in [1.29, 1.82) is 0 Å². The van der Waals surface area contributed by atoms with E-state index in [4.69, 9.17) is 0 Å². The zero-order chi connectivity index (χ0) is 17.4. The fourth-order valence-corrected chi connectivity index (χ4v) is 3.74. The van der Waals surface area contributed by atoms with E-state index < -0.39 is 17.7 Å². The van der Waals surface area contributed by atoms with E-state index in [1.807, 2.05) is 15.9 Å². The average molecular weight is 345 g/mol. The molecule has 0 spiro atoms. The first-order valence-electron chi connectivity index (χ1n) is 8.29. The summed E-state index contributed by atoms with van der Waals surface area (Å²) >= 11 is 0. The van der Waals surface area contributed by atoms with E-state index in [9.17, 15) is 18.0 Å². The van der Waals surface area contributed by atoms with Crippen molar-refractivity contribution < 1.29 is 22.7 Å². The van der Waals surface area contributed by atoms with Crippen LogP contribution in [0.4, 0.5) is 13.2 Å². The lowest BCUT2D eigenvalue weighted by molar-refractivity contribution is -0.130. The Morgan fingerprint density at radius 3 is 2.42 bits per heavy atom. The van der Waals surface area contributed by atoms with E-state index in [1.54, 1.807) is 6.08 Å². The molecule has 0 saturated carbocycles. The summed E-state index contributed by atoms with van der Waals surface area (Å²) in [4.78, 5) is 19.6. The molecule has 3 aliphatic rings. The number of methoxy groups -OCH3 is 1. The summed E-state index contributed by atoms with van der Waals surface area (Å²) in [7, 11) is 0.994. The Labute approximate surface area is 139 Å². The first-order valence-corrected chi connectivity index (χ1v) is 8.29. The second-order valence-corrected chi connectivity index (χ2v) is 6.51. The van der Waals surface area contributed by atoms with Crippen molar-refractivity contribution in [2.45, 2.75) is 50.0 Å². The quantitative estimate of drug-likeness (QED) is 0.448. The number of piperidine rings is 1. The minimum atomic E-state index is -4.59. The van der Waals surface area contributed by atoms with Crippen molar-refractivity contribution >= 4 is 11.8 Å². The van der Waals surface area contributed by atoms with Gasteiger partial charge in [-0.1, -0.05) is 6.08 Å². The van der Waals surface area contributed by atoms with Crippen LogP contribution in [0.3, 0.4) is 0 Å². The molecule has 1 unspecified atom stereocenters. The Kier molecular flexibility index (Phi) is 4.59. The molecule has 2 aliphatic heterocycles. The molecule has 0 bridgehead atoms. The maximum atomic E-state index is 12.9. The lowest BCUT2D eigenvalue weighted by atomic mass is 9.90. The highest BCUT2D eigenvalue weighted by atomic mass is 19.4. The number of nitrogens with zero attached hydrogens (tertiary/aromatic N) is 3. The van der Waals surface area contributed by atoms with Crippen LogP contribution in [0.15, 0.2) is 17.1 Å². The minimum absolute atomic E-state index is 0.198. The van der Waals surface area contributed by atoms with Gasteiger partial charge >= 0.3 is 6.18 Å². The number of alkyl halides is 3. The number of amides is 1. The molecule has 0 aromatic heterocycles. The minimum Gasteiger partial charge on any atom is -0.478 e. The summed E-state index contributed by atoms with van der Waals surface area (Å²) in [5.41, 5.74) is -0.957. The average Bonchev–Trinajstić information content (AvgIpc) is 2.92. The van der Waals surface area contributed by atoms with Gasteiger partial charge in [-0.15, -0.1) is 0 Å². The molecule has 5 nitrogen and oxygen atoms in total. The molecule has 0 aromatic rings. The first-order chi connectivity index (χ1) is 11.4. The molecular weight excluding hydrogens is 323 g/mol. The Hall–Kier alpha value is -1.57. The SMILES string of the molecule is CO/C(=N\C1(N2CCC(N3CCCC3=O)CC2)C=CC1)C(F)(F)F. The van der Waals surface area contributed by atoms with Crippen LogP contribution in [0.5, 0.6) is 0 Å². The van der Waals surface area contributed by atoms with Gasteiger partial charge in [-0.05, 0) is 25.3 Å². The number of ether oxygens (including phenoxy) is 1. The lowest BCUT2D eigenvalue weighted by Crippen LogP contribution is -2.56. The zero-order valence-electron chi connectivity index (χ0n) is 13.7. The van der Waals surface area contributed by atoms with Crippen molar-refractivity contribution in [2.24, 2.45) is 4.99 Å². The lowest BCUT2D eigenvalue weighted by Gasteiger charge is -2.47. The third kappa shape index (κ3) is 3.16. The van der Waals surface area contributed by atoms with Crippen LogP contribution in [0.2, 0.25) is 0 Å². The van der Waals surface area contributed by atoms with E-state index in [2.05, 4.69) is 9.73 Å². The summed E-state index contributed by atoms with van der Waals surface area (Å²) < 4.78 is 43.3. The molecule has 8 heteroatoms. The van der Waals surface area contributed by atoms with Gasteiger partial charge in [-0.2, -0.15) is 13.2 Å². The second-order valence-electron chi connectivity index (χ2n) is 6.51. The maximum absolute atomic E-state index is 12.9. The Bertz CT molecular complexity index is 553. The van der Waals surface area contributed by atoms with E-state index >= 15 is 0 Å². The van der Waals surface area contributed by atoms with Crippen LogP contribution in [-0.4, -0.2) is 66.2 Å². The number of rotatable bonds is 3. The van der Waals surface area contributed by atoms with E-state index in [-0.39, 0.29) is 11.9 Å². The van der Waals surface area contributed by atoms with Crippen LogP contribution in [0.25, 0.3) is 0 Å². The van der Waals surface area contributed by atoms with Gasteiger partial charge in [-0.3, -0.25) is 9.69 Å². The van der Waals surface area contributed by atoms with Crippen LogP contribution in [-0.2, 0) is 9.53 Å². The summed E-state index contributed by atoms with van der Waals surface area (Å²) in [5.74, 6) is -0.993. The monoisotopic (exact) mass is 345 g/mol. The Morgan fingerprint density at radius 2 is 2.00 bits per heavy atom. The van der Waals surface area contributed by atoms with Crippen molar-refractivity contribution in [3.05, 3.63) is 12.2 Å². The van der Waals surface area contributed by atoms with Crippen LogP contribution < -0.4 is 0 Å². The van der Waals surface area contributed by atoms with Crippen LogP contribution in [0, 0.1) is 0 Å². The second kappa shape index (κ2) is 6.38. The smallest absolute Gasteiger partial charge is 0.468 e. The molecule has 1 atom stereocenters. The van der Waals surface area contributed by atoms with Gasteiger partial charge < -0.3 is 9.64 Å². The van der Waals surface area contributed by atoms with Crippen molar-refractivity contribution in [3.8, 4) is 0 Å². The number of likely N-dealkylation sites (tertiary alicyclic amines) is 2. The van der Waals surface area contributed by atoms with Crippen molar-refractivity contribution in [1.82, 2.24) is 9.80 Å². The fraction of sp³-hybridized carbons (Fsp3) is 0.750. The topological polar surface area (TPSA) is 45.1 Å². The molecular formula is C16H22F3N3O2. The molecule has 2 saturated heterocycles. The maximum Gasteiger partial charge on any atom is 0.468 e. The predicted molar refractivity (Wildman–Crippen MR) is 82.5 cm³/mol. The number of carbonyl (C=O) groups excluding carboxylic acids is 1. The van der Waals surface area contributed by atoms with Gasteiger partial charge in [0.05, 0.1) is 7.11 Å². The highest BCUT2D eigenvalue weighted by molar-refractivity contribution is 5.82. The molecule has 0 aromatic carbocycles. The molecule has 3 rings (SSSR count). The molecule has 0 radical (unpaired) electrons. The predicted octanol–water partition coefficient (Wildman–Crippen LogP) is 2.34. The third-order valence-corrected chi connectivity index (χ3v) is 5.10. The summed E-state index contributed by atoms with van der Waals surface area (Å²) in [6, 6.07) is 0.200. The van der Waals surface area contributed by atoms with Gasteiger partial charge in [0.1, 0.15) is 5.66 Å². The largest absolute Gasteiger partial charge is 0.478 e. The molecule has 0 N–H and O–H groups in total. The van der Waals surface area contributed by atoms with Crippen molar-refractivity contribution in [3.63, 3.8) is 0 Å². The zero-order valence-corrected chi connectivity index (χ0v) is 13.7. The van der Waals surface area contributed by atoms with E-state index in [0.717, 1.165) is 32.9 Å². The molecule has 1 amide bonds. The molecule has 24 heavy (non-hydrogen) atoms. The van der Waals surface area contributed by atoms with Gasteiger partial charge in [0.25, 0.3) is 5.90 Å². The normalized spacial score (nSPS) is 29.9. The third-order valence-electron chi connectivity index (χ3n) is 5.10. The summed E-state index contributed by atoms with van der Waals surface area (Å²) in [6.07, 6.45) is 2.44. The van der Waals surface area contributed by atoms with Gasteiger partial charge in [0.15, 0.2) is 0 Å². The number of hydrogen-bond donors (Lipinski definition) is 0. The molecule has 2 heterocycles. The number of aliphatic imine (C=N–C) groups is 1. The van der Waals surface area contributed by atoms with Gasteiger partial charge in [-0.25, -0.2) is 4.99 Å². The van der Waals surface area contributed by atoms with E-state index in [1.165, 1.54) is 0 Å².